The lowest BCUT2D eigenvalue weighted by Crippen LogP contribution is -2.35. The first-order valence-corrected chi connectivity index (χ1v) is 10.2. The van der Waals surface area contributed by atoms with E-state index in [0.29, 0.717) is 35.2 Å². The number of aromatic hydroxyl groups is 1. The lowest BCUT2D eigenvalue weighted by molar-refractivity contribution is 0.0653. The Hall–Kier alpha value is -3.39. The van der Waals surface area contributed by atoms with E-state index in [2.05, 4.69) is 26.6 Å². The van der Waals surface area contributed by atoms with Gasteiger partial charge in [0.25, 0.3) is 11.8 Å². The van der Waals surface area contributed by atoms with Crippen LogP contribution in [0.2, 0.25) is 0 Å². The third-order valence-corrected chi connectivity index (χ3v) is 5.42. The molecule has 4 amide bonds. The highest BCUT2D eigenvalue weighted by molar-refractivity contribution is 9.10. The smallest absolute Gasteiger partial charge is 0.319 e. The van der Waals surface area contributed by atoms with E-state index in [1.54, 1.807) is 48.5 Å². The number of hydrogen-bond donors (Lipinski definition) is 3. The summed E-state index contributed by atoms with van der Waals surface area (Å²) in [5.41, 5.74) is 1.36. The number of nitrogens with zero attached hydrogens (tertiary/aromatic N) is 1. The summed E-state index contributed by atoms with van der Waals surface area (Å²) in [6.07, 6.45) is 0.427. The Balaban J connectivity index is 1.32. The number of carbonyl (C=O) groups excluding carboxylic acids is 3. The molecule has 0 atom stereocenters. The average Bonchev–Trinajstić information content (AvgIpc) is 2.96. The molecule has 8 heteroatoms. The predicted octanol–water partition coefficient (Wildman–Crippen LogP) is 4.12. The Kier molecular flexibility index (Phi) is 5.41. The maximum absolute atomic E-state index is 12.4. The van der Waals surface area contributed by atoms with Gasteiger partial charge in [0.1, 0.15) is 5.75 Å². The first-order chi connectivity index (χ1) is 14.5. The summed E-state index contributed by atoms with van der Waals surface area (Å²) < 4.78 is 0.740. The van der Waals surface area contributed by atoms with Gasteiger partial charge in [0.05, 0.1) is 16.8 Å². The summed E-state index contributed by atoms with van der Waals surface area (Å²) in [5.74, 6) is -0.497. The van der Waals surface area contributed by atoms with Gasteiger partial charge >= 0.3 is 6.03 Å². The number of imide groups is 1. The molecule has 0 bridgehead atoms. The lowest BCUT2D eigenvalue weighted by atomic mass is 10.1. The van der Waals surface area contributed by atoms with Crippen molar-refractivity contribution in [2.24, 2.45) is 0 Å². The Morgan fingerprint density at radius 1 is 0.967 bits per heavy atom. The maximum Gasteiger partial charge on any atom is 0.319 e. The second-order valence-electron chi connectivity index (χ2n) is 6.86. The van der Waals surface area contributed by atoms with Crippen molar-refractivity contribution in [2.75, 3.05) is 18.4 Å². The van der Waals surface area contributed by atoms with Crippen LogP contribution in [0, 0.1) is 0 Å². The fourth-order valence-electron chi connectivity index (χ4n) is 3.47. The number of carbonyl (C=O) groups is 3. The van der Waals surface area contributed by atoms with Gasteiger partial charge in [0, 0.05) is 28.3 Å². The molecule has 0 aromatic heterocycles. The predicted molar refractivity (Wildman–Crippen MR) is 117 cm³/mol. The molecule has 152 valence electrons. The van der Waals surface area contributed by atoms with Gasteiger partial charge in [-0.15, -0.1) is 0 Å². The Bertz CT molecular complexity index is 1180. The van der Waals surface area contributed by atoms with Crippen LogP contribution >= 0.6 is 15.9 Å². The fourth-order valence-corrected chi connectivity index (χ4v) is 3.84. The number of phenols is 1. The maximum atomic E-state index is 12.4. The van der Waals surface area contributed by atoms with Crippen molar-refractivity contribution >= 4 is 50.2 Å². The summed E-state index contributed by atoms with van der Waals surface area (Å²) in [4.78, 5) is 38.3. The summed E-state index contributed by atoms with van der Waals surface area (Å²) in [6.45, 7) is 0.505. The molecule has 30 heavy (non-hydrogen) atoms. The van der Waals surface area contributed by atoms with Gasteiger partial charge in [-0.05, 0) is 36.8 Å². The number of phenolic OH excluding ortho intramolecular Hbond substituents is 1. The van der Waals surface area contributed by atoms with Crippen LogP contribution in [-0.4, -0.2) is 40.9 Å². The molecule has 0 radical (unpaired) electrons. The molecular weight excluding hydrogens is 450 g/mol. The number of rotatable bonds is 5. The van der Waals surface area contributed by atoms with E-state index in [9.17, 15) is 19.5 Å². The van der Waals surface area contributed by atoms with Gasteiger partial charge in [-0.3, -0.25) is 14.5 Å². The van der Waals surface area contributed by atoms with Crippen molar-refractivity contribution in [1.82, 2.24) is 10.2 Å². The molecule has 3 aromatic carbocycles. The molecule has 1 heterocycles. The van der Waals surface area contributed by atoms with Crippen molar-refractivity contribution < 1.29 is 19.5 Å². The molecule has 0 spiro atoms. The fraction of sp³-hybridized carbons (Fsp3) is 0.136. The molecule has 0 aliphatic carbocycles. The van der Waals surface area contributed by atoms with Crippen molar-refractivity contribution in [1.29, 1.82) is 0 Å². The third-order valence-electron chi connectivity index (χ3n) is 4.92. The number of halogens is 1. The van der Waals surface area contributed by atoms with Gasteiger partial charge in [0.15, 0.2) is 0 Å². The molecular formula is C22H18BrN3O4. The minimum Gasteiger partial charge on any atom is -0.507 e. The van der Waals surface area contributed by atoms with Crippen LogP contribution in [0.25, 0.3) is 10.8 Å². The number of amides is 4. The van der Waals surface area contributed by atoms with Gasteiger partial charge in [0.2, 0.25) is 0 Å². The van der Waals surface area contributed by atoms with Gasteiger partial charge in [-0.1, -0.05) is 40.2 Å². The SMILES string of the molecule is O=C(NCCCN1C(=O)c2ccc(Br)cc2C1=O)Nc1cccc2c(O)cccc12. The van der Waals surface area contributed by atoms with Crippen LogP contribution in [0.15, 0.2) is 59.1 Å². The largest absolute Gasteiger partial charge is 0.507 e. The van der Waals surface area contributed by atoms with Crippen LogP contribution in [0.4, 0.5) is 10.5 Å². The second kappa shape index (κ2) is 8.16. The van der Waals surface area contributed by atoms with E-state index >= 15 is 0 Å². The minimum atomic E-state index is -0.405. The van der Waals surface area contributed by atoms with E-state index in [-0.39, 0.29) is 24.1 Å². The van der Waals surface area contributed by atoms with E-state index in [0.717, 1.165) is 9.86 Å². The molecule has 1 aliphatic heterocycles. The Labute approximate surface area is 180 Å². The average molecular weight is 468 g/mol. The summed E-state index contributed by atoms with van der Waals surface area (Å²) in [5, 5.41) is 16.8. The minimum absolute atomic E-state index is 0.143. The summed E-state index contributed by atoms with van der Waals surface area (Å²) in [7, 11) is 0. The first-order valence-electron chi connectivity index (χ1n) is 9.37. The van der Waals surface area contributed by atoms with Gasteiger partial charge in [-0.25, -0.2) is 4.79 Å². The van der Waals surface area contributed by atoms with Gasteiger partial charge < -0.3 is 15.7 Å². The normalized spacial score (nSPS) is 12.9. The first kappa shape index (κ1) is 19.9. The molecule has 1 aliphatic rings. The standard InChI is InChI=1S/C22H18BrN3O4/c23-13-8-9-16-17(12-13)21(29)26(20(16)28)11-3-10-24-22(30)25-18-6-1-5-15-14(18)4-2-7-19(15)27/h1-2,4-9,12,27H,3,10-11H2,(H2,24,25,30). The van der Waals surface area contributed by atoms with Gasteiger partial charge in [-0.2, -0.15) is 0 Å². The number of anilines is 1. The van der Waals surface area contributed by atoms with Crippen molar-refractivity contribution in [3.63, 3.8) is 0 Å². The second-order valence-corrected chi connectivity index (χ2v) is 7.78. The van der Waals surface area contributed by atoms with Crippen molar-refractivity contribution in [3.8, 4) is 5.75 Å². The number of benzene rings is 3. The number of hydrogen-bond acceptors (Lipinski definition) is 4. The Morgan fingerprint density at radius 3 is 2.53 bits per heavy atom. The van der Waals surface area contributed by atoms with Crippen LogP contribution in [0.1, 0.15) is 27.1 Å². The number of urea groups is 1. The van der Waals surface area contributed by atoms with E-state index in [4.69, 9.17) is 0 Å². The molecule has 0 fully saturated rings. The number of nitrogens with one attached hydrogen (secondary N) is 2. The molecule has 0 unspecified atom stereocenters. The van der Waals surface area contributed by atoms with Crippen LogP contribution in [0.3, 0.4) is 0 Å². The van der Waals surface area contributed by atoms with E-state index < -0.39 is 6.03 Å². The molecule has 4 rings (SSSR count). The monoisotopic (exact) mass is 467 g/mol. The molecule has 0 saturated carbocycles. The molecule has 7 nitrogen and oxygen atoms in total. The summed E-state index contributed by atoms with van der Waals surface area (Å²) in [6, 6.07) is 15.0. The zero-order valence-corrected chi connectivity index (χ0v) is 17.4. The van der Waals surface area contributed by atoms with Crippen LogP contribution in [-0.2, 0) is 0 Å². The topological polar surface area (TPSA) is 98.7 Å². The molecule has 3 aromatic rings. The third kappa shape index (κ3) is 3.73. The highest BCUT2D eigenvalue weighted by Gasteiger charge is 2.34. The Morgan fingerprint density at radius 2 is 1.70 bits per heavy atom. The highest BCUT2D eigenvalue weighted by Crippen LogP contribution is 2.29. The van der Waals surface area contributed by atoms with Crippen LogP contribution < -0.4 is 10.6 Å². The molecule has 3 N–H and O–H groups in total. The highest BCUT2D eigenvalue weighted by atomic mass is 79.9. The quantitative estimate of drug-likeness (QED) is 0.388. The lowest BCUT2D eigenvalue weighted by Gasteiger charge is -2.14. The van der Waals surface area contributed by atoms with Crippen molar-refractivity contribution in [3.05, 3.63) is 70.2 Å². The summed E-state index contributed by atoms with van der Waals surface area (Å²) >= 11 is 3.31. The zero-order valence-electron chi connectivity index (χ0n) is 15.8. The zero-order chi connectivity index (χ0) is 21.3. The van der Waals surface area contributed by atoms with Crippen LogP contribution in [0.5, 0.6) is 5.75 Å². The van der Waals surface area contributed by atoms with E-state index in [1.807, 2.05) is 6.07 Å². The number of fused-ring (bicyclic) bond motifs is 2. The molecule has 0 saturated heterocycles. The van der Waals surface area contributed by atoms with E-state index in [1.165, 1.54) is 4.90 Å². The van der Waals surface area contributed by atoms with Crippen molar-refractivity contribution in [2.45, 2.75) is 6.42 Å².